The van der Waals surface area contributed by atoms with Gasteiger partial charge in [0, 0.05) is 25.2 Å². The van der Waals surface area contributed by atoms with E-state index in [4.69, 9.17) is 4.74 Å². The van der Waals surface area contributed by atoms with Crippen molar-refractivity contribution in [2.75, 3.05) is 40.0 Å². The number of morpholine rings is 1. The molecule has 0 spiro atoms. The predicted octanol–water partition coefficient (Wildman–Crippen LogP) is 2.47. The molecule has 1 aliphatic heterocycles. The van der Waals surface area contributed by atoms with Gasteiger partial charge in [-0.05, 0) is 23.3 Å². The highest BCUT2D eigenvalue weighted by Crippen LogP contribution is 2.21. The first-order valence-electron chi connectivity index (χ1n) is 9.09. The Morgan fingerprint density at radius 1 is 1.19 bits per heavy atom. The lowest BCUT2D eigenvalue weighted by atomic mass is 10.0. The number of amides is 1. The number of oxime groups is 1. The fraction of sp³-hybridized carbons (Fsp3) is 0.333. The molecule has 0 saturated carbocycles. The average Bonchev–Trinajstić information content (AvgIpc) is 2.74. The summed E-state index contributed by atoms with van der Waals surface area (Å²) in [5, 5.41) is 6.80. The zero-order valence-electron chi connectivity index (χ0n) is 15.5. The van der Waals surface area contributed by atoms with Crippen LogP contribution in [-0.2, 0) is 9.57 Å². The number of hydrogen-bond acceptors (Lipinski definition) is 5. The second-order valence-electron chi connectivity index (χ2n) is 6.32. The quantitative estimate of drug-likeness (QED) is 0.603. The van der Waals surface area contributed by atoms with Gasteiger partial charge in [-0.1, -0.05) is 47.6 Å². The van der Waals surface area contributed by atoms with Crippen LogP contribution in [0.15, 0.2) is 59.8 Å². The van der Waals surface area contributed by atoms with Crippen molar-refractivity contribution in [1.82, 2.24) is 10.2 Å². The van der Waals surface area contributed by atoms with E-state index in [9.17, 15) is 4.79 Å². The van der Waals surface area contributed by atoms with Gasteiger partial charge in [0.25, 0.3) is 5.91 Å². The van der Waals surface area contributed by atoms with Crippen LogP contribution in [0.25, 0.3) is 0 Å². The summed E-state index contributed by atoms with van der Waals surface area (Å²) in [5.74, 6) is -0.0839. The average molecular weight is 367 g/mol. The minimum atomic E-state index is -0.0839. The fourth-order valence-corrected chi connectivity index (χ4v) is 3.15. The van der Waals surface area contributed by atoms with E-state index in [1.165, 1.54) is 12.7 Å². The van der Waals surface area contributed by atoms with Crippen LogP contribution in [-0.4, -0.2) is 57.0 Å². The zero-order chi connectivity index (χ0) is 18.9. The lowest BCUT2D eigenvalue weighted by Crippen LogP contribution is -2.43. The molecule has 0 aromatic heterocycles. The molecule has 3 rings (SSSR count). The maximum absolute atomic E-state index is 12.6. The number of rotatable bonds is 7. The van der Waals surface area contributed by atoms with Crippen LogP contribution in [0, 0.1) is 0 Å². The van der Waals surface area contributed by atoms with E-state index in [2.05, 4.69) is 32.3 Å². The van der Waals surface area contributed by atoms with Crippen molar-refractivity contribution in [3.63, 3.8) is 0 Å². The van der Waals surface area contributed by atoms with Crippen LogP contribution >= 0.6 is 0 Å². The molecule has 1 N–H and O–H groups in total. The summed E-state index contributed by atoms with van der Waals surface area (Å²) in [6.07, 6.45) is 1.60. The Morgan fingerprint density at radius 2 is 1.89 bits per heavy atom. The van der Waals surface area contributed by atoms with Gasteiger partial charge in [0.05, 0.1) is 25.5 Å². The molecule has 1 amide bonds. The molecule has 1 fully saturated rings. The largest absolute Gasteiger partial charge is 0.399 e. The number of ether oxygens (including phenoxy) is 1. The van der Waals surface area contributed by atoms with Crippen LogP contribution in [0.3, 0.4) is 0 Å². The molecule has 1 aliphatic rings. The molecule has 6 heteroatoms. The Kier molecular flexibility index (Phi) is 6.96. The van der Waals surface area contributed by atoms with Crippen LogP contribution in [0.1, 0.15) is 27.5 Å². The van der Waals surface area contributed by atoms with Crippen molar-refractivity contribution in [3.05, 3.63) is 71.3 Å². The molecule has 0 aliphatic carbocycles. The third-order valence-electron chi connectivity index (χ3n) is 4.61. The number of nitrogens with zero attached hydrogens (tertiary/aromatic N) is 2. The van der Waals surface area contributed by atoms with Crippen LogP contribution < -0.4 is 5.32 Å². The van der Waals surface area contributed by atoms with Gasteiger partial charge in [0.1, 0.15) is 7.11 Å². The number of hydrogen-bond donors (Lipinski definition) is 1. The van der Waals surface area contributed by atoms with Crippen molar-refractivity contribution in [1.29, 1.82) is 0 Å². The predicted molar refractivity (Wildman–Crippen MR) is 105 cm³/mol. The van der Waals surface area contributed by atoms with Crippen molar-refractivity contribution in [2.45, 2.75) is 6.04 Å². The van der Waals surface area contributed by atoms with E-state index >= 15 is 0 Å². The Morgan fingerprint density at radius 3 is 2.56 bits per heavy atom. The van der Waals surface area contributed by atoms with E-state index in [1.807, 2.05) is 30.3 Å². The SMILES string of the molecule is CO/N=C/c1ccc(C(=O)NCC(c2ccccc2)N2CCOCC2)cc1. The van der Waals surface area contributed by atoms with Crippen LogP contribution in [0.4, 0.5) is 0 Å². The molecular formula is C21H25N3O3. The summed E-state index contributed by atoms with van der Waals surface area (Å²) < 4.78 is 5.47. The summed E-state index contributed by atoms with van der Waals surface area (Å²) in [6, 6.07) is 17.7. The Hall–Kier alpha value is -2.70. The number of carbonyl (C=O) groups excluding carboxylic acids is 1. The monoisotopic (exact) mass is 367 g/mol. The number of carbonyl (C=O) groups is 1. The molecule has 0 bridgehead atoms. The van der Waals surface area contributed by atoms with Gasteiger partial charge >= 0.3 is 0 Å². The van der Waals surface area contributed by atoms with Crippen molar-refractivity contribution in [3.8, 4) is 0 Å². The first-order chi connectivity index (χ1) is 13.3. The summed E-state index contributed by atoms with van der Waals surface area (Å²) in [6.45, 7) is 3.73. The molecule has 1 atom stereocenters. The first-order valence-corrected chi connectivity index (χ1v) is 9.09. The van der Waals surface area contributed by atoms with Crippen molar-refractivity contribution in [2.24, 2.45) is 5.16 Å². The Bertz CT molecular complexity index is 741. The summed E-state index contributed by atoms with van der Waals surface area (Å²) in [5.41, 5.74) is 2.70. The van der Waals surface area contributed by atoms with Crippen molar-refractivity contribution < 1.29 is 14.4 Å². The van der Waals surface area contributed by atoms with Crippen LogP contribution in [0.5, 0.6) is 0 Å². The Balaban J connectivity index is 1.65. The van der Waals surface area contributed by atoms with E-state index in [0.29, 0.717) is 12.1 Å². The normalized spacial score (nSPS) is 16.2. The molecule has 1 saturated heterocycles. The molecule has 27 heavy (non-hydrogen) atoms. The molecule has 6 nitrogen and oxygen atoms in total. The van der Waals surface area contributed by atoms with E-state index in [0.717, 1.165) is 31.9 Å². The second-order valence-corrected chi connectivity index (χ2v) is 6.32. The number of nitrogens with one attached hydrogen (secondary N) is 1. The standard InChI is InChI=1S/C21H25N3O3/c1-26-23-15-17-7-9-19(10-8-17)21(25)22-16-20(18-5-3-2-4-6-18)24-11-13-27-14-12-24/h2-10,15,20H,11-14,16H2,1H3,(H,22,25)/b23-15+. The lowest BCUT2D eigenvalue weighted by Gasteiger charge is -2.35. The highest BCUT2D eigenvalue weighted by molar-refractivity contribution is 5.95. The second kappa shape index (κ2) is 9.85. The van der Waals surface area contributed by atoms with E-state index in [-0.39, 0.29) is 11.9 Å². The summed E-state index contributed by atoms with van der Waals surface area (Å²) >= 11 is 0. The molecule has 2 aromatic rings. The fourth-order valence-electron chi connectivity index (χ4n) is 3.15. The third-order valence-corrected chi connectivity index (χ3v) is 4.61. The highest BCUT2D eigenvalue weighted by Gasteiger charge is 2.23. The Labute approximate surface area is 159 Å². The molecule has 0 radical (unpaired) electrons. The topological polar surface area (TPSA) is 63.2 Å². The zero-order valence-corrected chi connectivity index (χ0v) is 15.5. The van der Waals surface area contributed by atoms with Gasteiger partial charge in [-0.3, -0.25) is 9.69 Å². The maximum atomic E-state index is 12.6. The minimum absolute atomic E-state index is 0.0839. The summed E-state index contributed by atoms with van der Waals surface area (Å²) in [4.78, 5) is 19.6. The van der Waals surface area contributed by atoms with Gasteiger partial charge in [0.15, 0.2) is 0 Å². The van der Waals surface area contributed by atoms with Gasteiger partial charge in [-0.2, -0.15) is 0 Å². The molecular weight excluding hydrogens is 342 g/mol. The lowest BCUT2D eigenvalue weighted by molar-refractivity contribution is 0.0162. The smallest absolute Gasteiger partial charge is 0.251 e. The first kappa shape index (κ1) is 19.1. The van der Waals surface area contributed by atoms with E-state index < -0.39 is 0 Å². The van der Waals surface area contributed by atoms with Crippen molar-refractivity contribution >= 4 is 12.1 Å². The van der Waals surface area contributed by atoms with Crippen LogP contribution in [0.2, 0.25) is 0 Å². The maximum Gasteiger partial charge on any atom is 0.251 e. The minimum Gasteiger partial charge on any atom is -0.399 e. The highest BCUT2D eigenvalue weighted by atomic mass is 16.6. The number of benzene rings is 2. The molecule has 142 valence electrons. The summed E-state index contributed by atoms with van der Waals surface area (Å²) in [7, 11) is 1.50. The van der Waals surface area contributed by atoms with Gasteiger partial charge < -0.3 is 14.9 Å². The molecule has 2 aromatic carbocycles. The molecule has 1 heterocycles. The molecule has 1 unspecified atom stereocenters. The van der Waals surface area contributed by atoms with E-state index in [1.54, 1.807) is 18.3 Å². The third kappa shape index (κ3) is 5.39. The van der Waals surface area contributed by atoms with Gasteiger partial charge in [0.2, 0.25) is 0 Å². The van der Waals surface area contributed by atoms with Gasteiger partial charge in [-0.25, -0.2) is 0 Å². The van der Waals surface area contributed by atoms with Gasteiger partial charge in [-0.15, -0.1) is 0 Å².